The lowest BCUT2D eigenvalue weighted by Crippen LogP contribution is -2.30. The summed E-state index contributed by atoms with van der Waals surface area (Å²) in [5.41, 5.74) is 5.37. The molecule has 1 heterocycles. The van der Waals surface area contributed by atoms with Crippen molar-refractivity contribution in [2.75, 3.05) is 12.3 Å². The van der Waals surface area contributed by atoms with E-state index in [-0.39, 0.29) is 5.25 Å². The highest BCUT2D eigenvalue weighted by atomic mass is 32.2. The molecule has 0 amide bonds. The summed E-state index contributed by atoms with van der Waals surface area (Å²) in [5.74, 6) is 0.342. The van der Waals surface area contributed by atoms with Crippen LogP contribution in [0.5, 0.6) is 0 Å². The van der Waals surface area contributed by atoms with Crippen LogP contribution in [-0.2, 0) is 9.84 Å². The number of hydrogen-bond donors (Lipinski definition) is 1. The summed E-state index contributed by atoms with van der Waals surface area (Å²) < 4.78 is 22.7. The molecule has 1 aliphatic rings. The van der Waals surface area contributed by atoms with Gasteiger partial charge in [0, 0.05) is 6.54 Å². The lowest BCUT2D eigenvalue weighted by molar-refractivity contribution is 0.575. The predicted octanol–water partition coefficient (Wildman–Crippen LogP) is 0.302. The maximum Gasteiger partial charge on any atom is 0.154 e. The summed E-state index contributed by atoms with van der Waals surface area (Å²) in [6, 6.07) is 0. The van der Waals surface area contributed by atoms with Crippen molar-refractivity contribution in [3.63, 3.8) is 0 Å². The first-order valence-electron chi connectivity index (χ1n) is 4.08. The third-order valence-electron chi connectivity index (χ3n) is 2.23. The van der Waals surface area contributed by atoms with Crippen molar-refractivity contribution >= 4 is 9.84 Å². The van der Waals surface area contributed by atoms with Gasteiger partial charge in [-0.25, -0.2) is 8.42 Å². The SMILES string of the molecule is NCC1CCCCCS1(=O)=O. The second-order valence-corrected chi connectivity index (χ2v) is 5.47. The van der Waals surface area contributed by atoms with Crippen LogP contribution in [0.1, 0.15) is 25.7 Å². The maximum absolute atomic E-state index is 11.4. The van der Waals surface area contributed by atoms with E-state index in [4.69, 9.17) is 5.73 Å². The van der Waals surface area contributed by atoms with Gasteiger partial charge in [0.1, 0.15) is 0 Å². The first kappa shape index (κ1) is 9.00. The van der Waals surface area contributed by atoms with Gasteiger partial charge in [0.25, 0.3) is 0 Å². The number of nitrogens with two attached hydrogens (primary N) is 1. The molecule has 2 N–H and O–H groups in total. The summed E-state index contributed by atoms with van der Waals surface area (Å²) in [4.78, 5) is 0. The molecule has 1 saturated heterocycles. The molecule has 3 nitrogen and oxygen atoms in total. The van der Waals surface area contributed by atoms with E-state index in [1.165, 1.54) is 0 Å². The molecule has 1 rings (SSSR count). The molecule has 11 heavy (non-hydrogen) atoms. The predicted molar refractivity (Wildman–Crippen MR) is 45.1 cm³/mol. The van der Waals surface area contributed by atoms with E-state index in [9.17, 15) is 8.42 Å². The Morgan fingerprint density at radius 1 is 1.27 bits per heavy atom. The highest BCUT2D eigenvalue weighted by Crippen LogP contribution is 2.17. The van der Waals surface area contributed by atoms with Gasteiger partial charge >= 0.3 is 0 Å². The number of rotatable bonds is 1. The van der Waals surface area contributed by atoms with Crippen molar-refractivity contribution in [2.45, 2.75) is 30.9 Å². The topological polar surface area (TPSA) is 60.2 Å². The van der Waals surface area contributed by atoms with E-state index >= 15 is 0 Å². The molecule has 0 saturated carbocycles. The molecule has 0 spiro atoms. The molecule has 0 bridgehead atoms. The van der Waals surface area contributed by atoms with Gasteiger partial charge in [-0.15, -0.1) is 0 Å². The molecule has 0 aliphatic carbocycles. The molecular weight excluding hydrogens is 162 g/mol. The van der Waals surface area contributed by atoms with Crippen molar-refractivity contribution < 1.29 is 8.42 Å². The van der Waals surface area contributed by atoms with Crippen LogP contribution in [0, 0.1) is 0 Å². The van der Waals surface area contributed by atoms with Crippen LogP contribution < -0.4 is 5.73 Å². The molecule has 1 atom stereocenters. The zero-order chi connectivity index (χ0) is 8.32. The van der Waals surface area contributed by atoms with Gasteiger partial charge < -0.3 is 5.73 Å². The molecule has 0 radical (unpaired) electrons. The van der Waals surface area contributed by atoms with E-state index in [0.717, 1.165) is 25.7 Å². The molecule has 1 fully saturated rings. The van der Waals surface area contributed by atoms with Crippen LogP contribution in [0.4, 0.5) is 0 Å². The van der Waals surface area contributed by atoms with Crippen LogP contribution in [0.2, 0.25) is 0 Å². The fourth-order valence-electron chi connectivity index (χ4n) is 1.46. The van der Waals surface area contributed by atoms with Crippen LogP contribution in [0.3, 0.4) is 0 Å². The Bertz CT molecular complexity index is 210. The summed E-state index contributed by atoms with van der Waals surface area (Å²) >= 11 is 0. The molecule has 0 aromatic rings. The van der Waals surface area contributed by atoms with Gasteiger partial charge in [-0.1, -0.05) is 12.8 Å². The van der Waals surface area contributed by atoms with Gasteiger partial charge in [0.2, 0.25) is 0 Å². The summed E-state index contributed by atoms with van der Waals surface area (Å²) in [6.45, 7) is 0.294. The molecular formula is C7H15NO2S. The Morgan fingerprint density at radius 2 is 2.00 bits per heavy atom. The van der Waals surface area contributed by atoms with Gasteiger partial charge in [0.15, 0.2) is 9.84 Å². The van der Waals surface area contributed by atoms with Crippen LogP contribution >= 0.6 is 0 Å². The quantitative estimate of drug-likeness (QED) is 0.626. The van der Waals surface area contributed by atoms with E-state index in [2.05, 4.69) is 0 Å². The van der Waals surface area contributed by atoms with Gasteiger partial charge in [-0.2, -0.15) is 0 Å². The Morgan fingerprint density at radius 3 is 2.64 bits per heavy atom. The van der Waals surface area contributed by atoms with E-state index in [1.54, 1.807) is 0 Å². The molecule has 4 heteroatoms. The molecule has 1 aliphatic heterocycles. The third kappa shape index (κ3) is 2.17. The molecule has 0 aromatic heterocycles. The Hall–Kier alpha value is -0.0900. The largest absolute Gasteiger partial charge is 0.329 e. The first-order chi connectivity index (χ1) is 5.17. The maximum atomic E-state index is 11.4. The minimum atomic E-state index is -2.84. The fraction of sp³-hybridized carbons (Fsp3) is 1.00. The van der Waals surface area contributed by atoms with Crippen LogP contribution in [-0.4, -0.2) is 26.0 Å². The van der Waals surface area contributed by atoms with Crippen molar-refractivity contribution in [3.8, 4) is 0 Å². The van der Waals surface area contributed by atoms with Crippen molar-refractivity contribution in [1.29, 1.82) is 0 Å². The van der Waals surface area contributed by atoms with Crippen molar-refractivity contribution in [3.05, 3.63) is 0 Å². The molecule has 1 unspecified atom stereocenters. The molecule has 0 aromatic carbocycles. The van der Waals surface area contributed by atoms with Gasteiger partial charge in [-0.05, 0) is 12.8 Å². The van der Waals surface area contributed by atoms with Gasteiger partial charge in [-0.3, -0.25) is 0 Å². The Balaban J connectivity index is 2.72. The third-order valence-corrected chi connectivity index (χ3v) is 4.53. The summed E-state index contributed by atoms with van der Waals surface area (Å²) in [6.07, 6.45) is 3.63. The standard InChI is InChI=1S/C7H15NO2S/c8-6-7-4-2-1-3-5-11(7,9)10/h7H,1-6,8H2. The zero-order valence-electron chi connectivity index (χ0n) is 6.62. The Kier molecular flexibility index (Phi) is 2.90. The van der Waals surface area contributed by atoms with E-state index in [0.29, 0.717) is 12.3 Å². The second-order valence-electron chi connectivity index (χ2n) is 3.07. The Labute approximate surface area is 67.9 Å². The number of hydrogen-bond acceptors (Lipinski definition) is 3. The normalized spacial score (nSPS) is 31.2. The molecule has 66 valence electrons. The second kappa shape index (κ2) is 3.54. The van der Waals surface area contributed by atoms with Crippen LogP contribution in [0.25, 0.3) is 0 Å². The lowest BCUT2D eigenvalue weighted by atomic mass is 10.2. The van der Waals surface area contributed by atoms with E-state index in [1.807, 2.05) is 0 Å². The average molecular weight is 177 g/mol. The van der Waals surface area contributed by atoms with Crippen LogP contribution in [0.15, 0.2) is 0 Å². The average Bonchev–Trinajstić information content (AvgIpc) is 2.10. The van der Waals surface area contributed by atoms with Gasteiger partial charge in [0.05, 0.1) is 11.0 Å². The lowest BCUT2D eigenvalue weighted by Gasteiger charge is -2.10. The van der Waals surface area contributed by atoms with E-state index < -0.39 is 9.84 Å². The first-order valence-corrected chi connectivity index (χ1v) is 5.80. The highest BCUT2D eigenvalue weighted by Gasteiger charge is 2.25. The minimum Gasteiger partial charge on any atom is -0.329 e. The summed E-state index contributed by atoms with van der Waals surface area (Å²) in [7, 11) is -2.84. The number of sulfone groups is 1. The van der Waals surface area contributed by atoms with Crippen molar-refractivity contribution in [1.82, 2.24) is 0 Å². The zero-order valence-corrected chi connectivity index (χ0v) is 7.44. The highest BCUT2D eigenvalue weighted by molar-refractivity contribution is 7.92. The fourth-order valence-corrected chi connectivity index (χ4v) is 3.22. The summed E-state index contributed by atoms with van der Waals surface area (Å²) in [5, 5.41) is -0.259. The smallest absolute Gasteiger partial charge is 0.154 e. The van der Waals surface area contributed by atoms with Crippen molar-refractivity contribution in [2.24, 2.45) is 5.73 Å². The monoisotopic (exact) mass is 177 g/mol. The minimum absolute atomic E-state index is 0.259.